The van der Waals surface area contributed by atoms with Gasteiger partial charge in [-0.3, -0.25) is 4.79 Å². The molecule has 0 bridgehead atoms. The molecule has 0 unspecified atom stereocenters. The lowest BCUT2D eigenvalue weighted by atomic mass is 10.1. The van der Waals surface area contributed by atoms with Crippen molar-refractivity contribution in [1.82, 2.24) is 5.32 Å². The summed E-state index contributed by atoms with van der Waals surface area (Å²) in [6.45, 7) is 2.02. The summed E-state index contributed by atoms with van der Waals surface area (Å²) in [7, 11) is 0. The van der Waals surface area contributed by atoms with E-state index in [2.05, 4.69) is 10.3 Å². The molecular weight excluding hydrogens is 248 g/mol. The van der Waals surface area contributed by atoms with Gasteiger partial charge >= 0.3 is 0 Å². The third-order valence-corrected chi connectivity index (χ3v) is 3.09. The summed E-state index contributed by atoms with van der Waals surface area (Å²) >= 11 is 0. The molecule has 1 aliphatic heterocycles. The van der Waals surface area contributed by atoms with Crippen molar-refractivity contribution in [2.24, 2.45) is 4.99 Å². The molecule has 3 rings (SSSR count). The zero-order valence-corrected chi connectivity index (χ0v) is 11.1. The molecule has 3 heteroatoms. The Morgan fingerprint density at radius 2 is 1.85 bits per heavy atom. The summed E-state index contributed by atoms with van der Waals surface area (Å²) in [5.41, 5.74) is 3.49. The summed E-state index contributed by atoms with van der Waals surface area (Å²) in [5, 5.41) is 2.80. The number of rotatable bonds is 2. The third kappa shape index (κ3) is 2.52. The maximum absolute atomic E-state index is 12.0. The van der Waals surface area contributed by atoms with Crippen LogP contribution in [-0.2, 0) is 4.79 Å². The van der Waals surface area contributed by atoms with Crippen molar-refractivity contribution in [1.29, 1.82) is 0 Å². The number of hydrogen-bond acceptors (Lipinski definition) is 2. The van der Waals surface area contributed by atoms with Gasteiger partial charge in [-0.05, 0) is 18.6 Å². The molecule has 98 valence electrons. The van der Waals surface area contributed by atoms with Gasteiger partial charge in [-0.2, -0.15) is 0 Å². The van der Waals surface area contributed by atoms with Crippen molar-refractivity contribution in [3.63, 3.8) is 0 Å². The summed E-state index contributed by atoms with van der Waals surface area (Å²) in [4.78, 5) is 16.3. The topological polar surface area (TPSA) is 41.5 Å². The van der Waals surface area contributed by atoms with E-state index in [4.69, 9.17) is 0 Å². The smallest absolute Gasteiger partial charge is 0.275 e. The Morgan fingerprint density at radius 3 is 2.60 bits per heavy atom. The maximum atomic E-state index is 12.0. The number of benzene rings is 2. The molecule has 0 radical (unpaired) electrons. The summed E-state index contributed by atoms with van der Waals surface area (Å²) < 4.78 is 0. The standard InChI is InChI=1S/C17H14N2O/c1-12-6-5-7-13(10-12)11-15-17(20)19-16(18-15)14-8-3-2-4-9-14/h2-11H,1H3,(H,18,19,20). The Kier molecular flexibility index (Phi) is 3.17. The number of amides is 1. The van der Waals surface area contributed by atoms with Crippen LogP contribution >= 0.6 is 0 Å². The highest BCUT2D eigenvalue weighted by atomic mass is 16.2. The van der Waals surface area contributed by atoms with E-state index >= 15 is 0 Å². The molecule has 1 aliphatic rings. The molecule has 0 aromatic heterocycles. The number of aliphatic imine (C=N–C) groups is 1. The fourth-order valence-electron chi connectivity index (χ4n) is 2.12. The number of aryl methyl sites for hydroxylation is 1. The molecule has 0 fully saturated rings. The Labute approximate surface area is 117 Å². The minimum absolute atomic E-state index is 0.162. The van der Waals surface area contributed by atoms with Crippen LogP contribution in [0, 0.1) is 6.92 Å². The van der Waals surface area contributed by atoms with Crippen molar-refractivity contribution in [3.8, 4) is 0 Å². The van der Waals surface area contributed by atoms with Gasteiger partial charge in [-0.25, -0.2) is 4.99 Å². The average molecular weight is 262 g/mol. The van der Waals surface area contributed by atoms with Gasteiger partial charge in [0.1, 0.15) is 11.5 Å². The number of carbonyl (C=O) groups excluding carboxylic acids is 1. The molecule has 3 nitrogen and oxygen atoms in total. The largest absolute Gasteiger partial charge is 0.305 e. The highest BCUT2D eigenvalue weighted by Crippen LogP contribution is 2.15. The van der Waals surface area contributed by atoms with Gasteiger partial charge in [0.25, 0.3) is 5.91 Å². The minimum Gasteiger partial charge on any atom is -0.305 e. The highest BCUT2D eigenvalue weighted by Gasteiger charge is 2.20. The first kappa shape index (κ1) is 12.4. The second-order valence-corrected chi connectivity index (χ2v) is 4.72. The van der Waals surface area contributed by atoms with Crippen LogP contribution in [0.4, 0.5) is 0 Å². The summed E-state index contributed by atoms with van der Waals surface area (Å²) in [6, 6.07) is 17.6. The molecule has 0 atom stereocenters. The SMILES string of the molecule is Cc1cccc(C=C2N=C(c3ccccc3)NC2=O)c1. The summed E-state index contributed by atoms with van der Waals surface area (Å²) in [5.74, 6) is 0.444. The first-order chi connectivity index (χ1) is 9.72. The molecular formula is C17H14N2O. The molecule has 20 heavy (non-hydrogen) atoms. The van der Waals surface area contributed by atoms with Gasteiger partial charge in [-0.15, -0.1) is 0 Å². The van der Waals surface area contributed by atoms with E-state index in [1.165, 1.54) is 0 Å². The number of nitrogens with zero attached hydrogens (tertiary/aromatic N) is 1. The quantitative estimate of drug-likeness (QED) is 0.831. The lowest BCUT2D eigenvalue weighted by molar-refractivity contribution is -0.115. The van der Waals surface area contributed by atoms with Gasteiger partial charge in [0.05, 0.1) is 0 Å². The fourth-order valence-corrected chi connectivity index (χ4v) is 2.12. The number of amidine groups is 1. The predicted octanol–water partition coefficient (Wildman–Crippen LogP) is 2.91. The molecule has 0 aliphatic carbocycles. The van der Waals surface area contributed by atoms with Gasteiger partial charge in [0.15, 0.2) is 0 Å². The molecule has 1 amide bonds. The van der Waals surface area contributed by atoms with Gasteiger partial charge in [-0.1, -0.05) is 60.2 Å². The second kappa shape index (κ2) is 5.13. The predicted molar refractivity (Wildman–Crippen MR) is 80.3 cm³/mol. The molecule has 2 aromatic carbocycles. The van der Waals surface area contributed by atoms with Crippen LogP contribution in [0.1, 0.15) is 16.7 Å². The lowest BCUT2D eigenvalue weighted by Crippen LogP contribution is -2.24. The highest BCUT2D eigenvalue weighted by molar-refractivity contribution is 6.19. The molecule has 0 saturated heterocycles. The number of hydrogen-bond donors (Lipinski definition) is 1. The Balaban J connectivity index is 1.95. The molecule has 0 spiro atoms. The first-order valence-electron chi connectivity index (χ1n) is 6.46. The fraction of sp³-hybridized carbons (Fsp3) is 0.0588. The maximum Gasteiger partial charge on any atom is 0.275 e. The molecule has 2 aromatic rings. The van der Waals surface area contributed by atoms with Gasteiger partial charge < -0.3 is 5.32 Å². The van der Waals surface area contributed by atoms with Crippen LogP contribution in [0.5, 0.6) is 0 Å². The average Bonchev–Trinajstić information content (AvgIpc) is 2.81. The second-order valence-electron chi connectivity index (χ2n) is 4.72. The van der Waals surface area contributed by atoms with Crippen LogP contribution < -0.4 is 5.32 Å². The Hall–Kier alpha value is -2.68. The number of nitrogens with one attached hydrogen (secondary N) is 1. The zero-order chi connectivity index (χ0) is 13.9. The lowest BCUT2D eigenvalue weighted by Gasteiger charge is -1.98. The van der Waals surface area contributed by atoms with Gasteiger partial charge in [0, 0.05) is 5.56 Å². The van der Waals surface area contributed by atoms with Crippen molar-refractivity contribution in [3.05, 3.63) is 77.0 Å². The van der Waals surface area contributed by atoms with E-state index in [0.717, 1.165) is 16.7 Å². The van der Waals surface area contributed by atoms with E-state index in [9.17, 15) is 4.79 Å². The van der Waals surface area contributed by atoms with Crippen LogP contribution in [0.2, 0.25) is 0 Å². The monoisotopic (exact) mass is 262 g/mol. The van der Waals surface area contributed by atoms with Crippen LogP contribution in [0.15, 0.2) is 65.3 Å². The number of carbonyl (C=O) groups is 1. The van der Waals surface area contributed by atoms with E-state index in [-0.39, 0.29) is 5.91 Å². The van der Waals surface area contributed by atoms with Crippen molar-refractivity contribution < 1.29 is 4.79 Å². The van der Waals surface area contributed by atoms with Crippen molar-refractivity contribution in [2.75, 3.05) is 0 Å². The van der Waals surface area contributed by atoms with Crippen LogP contribution in [0.3, 0.4) is 0 Å². The Bertz CT molecular complexity index is 715. The molecule has 1 heterocycles. The minimum atomic E-state index is -0.162. The van der Waals surface area contributed by atoms with Crippen LogP contribution in [0.25, 0.3) is 6.08 Å². The third-order valence-electron chi connectivity index (χ3n) is 3.09. The van der Waals surface area contributed by atoms with Crippen LogP contribution in [-0.4, -0.2) is 11.7 Å². The molecule has 0 saturated carbocycles. The van der Waals surface area contributed by atoms with E-state index < -0.39 is 0 Å². The first-order valence-corrected chi connectivity index (χ1v) is 6.46. The van der Waals surface area contributed by atoms with Gasteiger partial charge in [0.2, 0.25) is 0 Å². The summed E-state index contributed by atoms with van der Waals surface area (Å²) in [6.07, 6.45) is 1.80. The van der Waals surface area contributed by atoms with E-state index in [1.807, 2.05) is 61.5 Å². The van der Waals surface area contributed by atoms with Crippen molar-refractivity contribution in [2.45, 2.75) is 6.92 Å². The van der Waals surface area contributed by atoms with E-state index in [1.54, 1.807) is 6.08 Å². The zero-order valence-electron chi connectivity index (χ0n) is 11.1. The van der Waals surface area contributed by atoms with E-state index in [0.29, 0.717) is 11.5 Å². The Morgan fingerprint density at radius 1 is 1.05 bits per heavy atom. The molecule has 1 N–H and O–H groups in total. The van der Waals surface area contributed by atoms with Crippen molar-refractivity contribution >= 4 is 17.8 Å². The normalized spacial score (nSPS) is 16.1.